The molecule has 2 heterocycles. The van der Waals surface area contributed by atoms with Crippen LogP contribution >= 0.6 is 35.0 Å². The molecule has 2 aromatic rings. The number of hydrogen-bond acceptors (Lipinski definition) is 3. The van der Waals surface area contributed by atoms with Gasteiger partial charge in [-0.05, 0) is 43.2 Å². The zero-order valence-electron chi connectivity index (χ0n) is 15.2. The van der Waals surface area contributed by atoms with Gasteiger partial charge in [-0.25, -0.2) is 0 Å². The highest BCUT2D eigenvalue weighted by atomic mass is 35.5. The van der Waals surface area contributed by atoms with Crippen LogP contribution in [0.15, 0.2) is 48.5 Å². The first-order valence-corrected chi connectivity index (χ1v) is 11.0. The molecule has 4 nitrogen and oxygen atoms in total. The first-order valence-electron chi connectivity index (χ1n) is 9.25. The van der Waals surface area contributed by atoms with E-state index in [0.29, 0.717) is 28.7 Å². The van der Waals surface area contributed by atoms with E-state index in [1.807, 2.05) is 51.9 Å². The van der Waals surface area contributed by atoms with Gasteiger partial charge in [0.1, 0.15) is 0 Å². The van der Waals surface area contributed by atoms with Gasteiger partial charge in [0.05, 0.1) is 14.9 Å². The Labute approximate surface area is 178 Å². The molecule has 2 aliphatic rings. The predicted molar refractivity (Wildman–Crippen MR) is 114 cm³/mol. The monoisotopic (exact) mass is 434 g/mol. The lowest BCUT2D eigenvalue weighted by Gasteiger charge is -2.44. The predicted octanol–water partition coefficient (Wildman–Crippen LogP) is 4.81. The third-order valence-corrected chi connectivity index (χ3v) is 7.73. The van der Waals surface area contributed by atoms with Gasteiger partial charge in [-0.1, -0.05) is 41.4 Å². The van der Waals surface area contributed by atoms with Crippen molar-refractivity contribution in [1.29, 1.82) is 0 Å². The maximum atomic E-state index is 13.0. The number of benzene rings is 2. The topological polar surface area (TPSA) is 40.6 Å². The Morgan fingerprint density at radius 1 is 0.857 bits per heavy atom. The maximum Gasteiger partial charge on any atom is 0.254 e. The summed E-state index contributed by atoms with van der Waals surface area (Å²) in [6.07, 6.45) is 1.53. The molecule has 146 valence electrons. The molecule has 0 atom stereocenters. The standard InChI is InChI=1S/C21H20Cl2N2O2S/c22-17-7-6-16(14-18(17)23)19(26)24-10-8-21(9-11-24)25(12-13-28-21)20(27)15-4-2-1-3-5-15/h1-7,14H,8-13H2. The van der Waals surface area contributed by atoms with E-state index in [4.69, 9.17) is 23.2 Å². The van der Waals surface area contributed by atoms with Gasteiger partial charge in [-0.3, -0.25) is 9.59 Å². The molecule has 7 heteroatoms. The van der Waals surface area contributed by atoms with Crippen LogP contribution in [0.1, 0.15) is 33.6 Å². The average Bonchev–Trinajstić information content (AvgIpc) is 3.13. The SMILES string of the molecule is O=C(c1ccc(Cl)c(Cl)c1)N1CCC2(CC1)SCCN2C(=O)c1ccccc1. The lowest BCUT2D eigenvalue weighted by Crippen LogP contribution is -2.53. The van der Waals surface area contributed by atoms with E-state index in [0.717, 1.165) is 30.7 Å². The van der Waals surface area contributed by atoms with Crippen LogP contribution in [0.2, 0.25) is 10.0 Å². The molecule has 28 heavy (non-hydrogen) atoms. The minimum Gasteiger partial charge on any atom is -0.338 e. The molecule has 0 bridgehead atoms. The molecule has 0 unspecified atom stereocenters. The van der Waals surface area contributed by atoms with Gasteiger partial charge < -0.3 is 9.80 Å². The number of carbonyl (C=O) groups is 2. The fourth-order valence-electron chi connectivity index (χ4n) is 3.92. The normalized spacial score (nSPS) is 18.5. The van der Waals surface area contributed by atoms with Crippen LogP contribution in [0.5, 0.6) is 0 Å². The summed E-state index contributed by atoms with van der Waals surface area (Å²) in [6, 6.07) is 14.4. The van der Waals surface area contributed by atoms with Crippen molar-refractivity contribution in [2.45, 2.75) is 17.7 Å². The van der Waals surface area contributed by atoms with Gasteiger partial charge in [0, 0.05) is 36.5 Å². The zero-order chi connectivity index (χ0) is 19.7. The van der Waals surface area contributed by atoms with Crippen LogP contribution in [0.25, 0.3) is 0 Å². The van der Waals surface area contributed by atoms with Crippen LogP contribution in [0, 0.1) is 0 Å². The van der Waals surface area contributed by atoms with E-state index in [1.165, 1.54) is 0 Å². The second-order valence-electron chi connectivity index (χ2n) is 7.04. The fraction of sp³-hybridized carbons (Fsp3) is 0.333. The first kappa shape index (κ1) is 19.6. The lowest BCUT2D eigenvalue weighted by atomic mass is 10.00. The Bertz CT molecular complexity index is 899. The average molecular weight is 435 g/mol. The van der Waals surface area contributed by atoms with E-state index < -0.39 is 0 Å². The summed E-state index contributed by atoms with van der Waals surface area (Å²) in [5.74, 6) is 0.964. The van der Waals surface area contributed by atoms with Crippen molar-refractivity contribution in [2.75, 3.05) is 25.4 Å². The molecule has 0 radical (unpaired) electrons. The van der Waals surface area contributed by atoms with E-state index >= 15 is 0 Å². The number of piperidine rings is 1. The van der Waals surface area contributed by atoms with Crippen LogP contribution in [0.3, 0.4) is 0 Å². The van der Waals surface area contributed by atoms with Crippen molar-refractivity contribution in [2.24, 2.45) is 0 Å². The molecule has 0 aromatic heterocycles. The minimum atomic E-state index is -0.221. The van der Waals surface area contributed by atoms with Gasteiger partial charge in [-0.2, -0.15) is 0 Å². The van der Waals surface area contributed by atoms with E-state index in [2.05, 4.69) is 0 Å². The van der Waals surface area contributed by atoms with Gasteiger partial charge >= 0.3 is 0 Å². The Morgan fingerprint density at radius 3 is 2.25 bits per heavy atom. The number of likely N-dealkylation sites (tertiary alicyclic amines) is 1. The molecule has 2 amide bonds. The number of rotatable bonds is 2. The van der Waals surface area contributed by atoms with Gasteiger partial charge in [0.25, 0.3) is 11.8 Å². The largest absolute Gasteiger partial charge is 0.338 e. The molecule has 2 aromatic carbocycles. The minimum absolute atomic E-state index is 0.0441. The molecule has 0 aliphatic carbocycles. The summed E-state index contributed by atoms with van der Waals surface area (Å²) in [5, 5.41) is 0.820. The second kappa shape index (κ2) is 7.97. The third-order valence-electron chi connectivity index (χ3n) is 5.44. The van der Waals surface area contributed by atoms with Gasteiger partial charge in [0.2, 0.25) is 0 Å². The van der Waals surface area contributed by atoms with Crippen LogP contribution in [-0.2, 0) is 0 Å². The molecule has 1 spiro atoms. The van der Waals surface area contributed by atoms with Gasteiger partial charge in [-0.15, -0.1) is 11.8 Å². The molecular formula is C21H20Cl2N2O2S. The second-order valence-corrected chi connectivity index (χ2v) is 9.31. The highest BCUT2D eigenvalue weighted by molar-refractivity contribution is 8.00. The van der Waals surface area contributed by atoms with Crippen molar-refractivity contribution < 1.29 is 9.59 Å². The summed E-state index contributed by atoms with van der Waals surface area (Å²) in [5.41, 5.74) is 1.26. The van der Waals surface area contributed by atoms with Crippen molar-refractivity contribution in [1.82, 2.24) is 9.80 Å². The third kappa shape index (κ3) is 3.63. The highest BCUT2D eigenvalue weighted by Crippen LogP contribution is 2.44. The zero-order valence-corrected chi connectivity index (χ0v) is 17.6. The molecule has 4 rings (SSSR count). The highest BCUT2D eigenvalue weighted by Gasteiger charge is 2.47. The summed E-state index contributed by atoms with van der Waals surface area (Å²) in [6.45, 7) is 1.98. The number of carbonyl (C=O) groups excluding carboxylic acids is 2. The molecule has 2 aliphatic heterocycles. The quantitative estimate of drug-likeness (QED) is 0.680. The van der Waals surface area contributed by atoms with Crippen LogP contribution in [0.4, 0.5) is 0 Å². The number of halogens is 2. The Morgan fingerprint density at radius 2 is 1.57 bits per heavy atom. The first-order chi connectivity index (χ1) is 13.5. The Balaban J connectivity index is 1.47. The number of thioether (sulfide) groups is 1. The van der Waals surface area contributed by atoms with Crippen LogP contribution in [-0.4, -0.2) is 51.9 Å². The molecule has 0 N–H and O–H groups in total. The number of hydrogen-bond donors (Lipinski definition) is 0. The van der Waals surface area contributed by atoms with Crippen molar-refractivity contribution in [3.63, 3.8) is 0 Å². The molecule has 2 saturated heterocycles. The van der Waals surface area contributed by atoms with Gasteiger partial charge in [0.15, 0.2) is 0 Å². The molecule has 2 fully saturated rings. The van der Waals surface area contributed by atoms with E-state index in [-0.39, 0.29) is 16.7 Å². The summed E-state index contributed by atoms with van der Waals surface area (Å²) in [7, 11) is 0. The summed E-state index contributed by atoms with van der Waals surface area (Å²) >= 11 is 13.8. The maximum absolute atomic E-state index is 13.0. The number of nitrogens with zero attached hydrogens (tertiary/aromatic N) is 2. The summed E-state index contributed by atoms with van der Waals surface area (Å²) in [4.78, 5) is 29.5. The smallest absolute Gasteiger partial charge is 0.254 e. The summed E-state index contributed by atoms with van der Waals surface area (Å²) < 4.78 is 0. The molecular weight excluding hydrogens is 415 g/mol. The van der Waals surface area contributed by atoms with Crippen LogP contribution < -0.4 is 0 Å². The number of amides is 2. The van der Waals surface area contributed by atoms with Crippen molar-refractivity contribution in [3.05, 3.63) is 69.7 Å². The van der Waals surface area contributed by atoms with E-state index in [9.17, 15) is 9.59 Å². The van der Waals surface area contributed by atoms with E-state index in [1.54, 1.807) is 18.2 Å². The Kier molecular flexibility index (Phi) is 5.59. The molecule has 0 saturated carbocycles. The Hall–Kier alpha value is -1.69. The lowest BCUT2D eigenvalue weighted by molar-refractivity contribution is 0.0498. The van der Waals surface area contributed by atoms with Crippen molar-refractivity contribution in [3.8, 4) is 0 Å². The van der Waals surface area contributed by atoms with Crippen molar-refractivity contribution >= 4 is 46.8 Å². The fourth-order valence-corrected chi connectivity index (χ4v) is 5.67.